The van der Waals surface area contributed by atoms with Gasteiger partial charge in [-0.05, 0) is 36.7 Å². The standard InChI is InChI=1S/C17H36O4SSi/c1-10-20-16(19)17(8,22-9)15(18)11-21-23(12(2)3,13(4)5)14(6)7/h12-15,18H,10-11H2,1-9H3/t15-,17+/m0/s1. The molecule has 0 bridgehead atoms. The minimum atomic E-state index is -2.06. The first-order valence-corrected chi connectivity index (χ1v) is 11.9. The molecule has 0 radical (unpaired) electrons. The van der Waals surface area contributed by atoms with Gasteiger partial charge in [0.05, 0.1) is 13.2 Å². The highest BCUT2D eigenvalue weighted by Crippen LogP contribution is 2.42. The van der Waals surface area contributed by atoms with E-state index in [-0.39, 0.29) is 12.6 Å². The zero-order chi connectivity index (χ0) is 18.4. The SMILES string of the molecule is CCOC(=O)[C@](C)(SC)[C@@H](O)CO[Si](C(C)C)(C(C)C)C(C)C. The average Bonchev–Trinajstić information content (AvgIpc) is 2.45. The summed E-state index contributed by atoms with van der Waals surface area (Å²) in [6.45, 7) is 17.2. The van der Waals surface area contributed by atoms with Crippen molar-refractivity contribution >= 4 is 26.0 Å². The fraction of sp³-hybridized carbons (Fsp3) is 0.941. The Kier molecular flexibility index (Phi) is 9.42. The first-order valence-electron chi connectivity index (χ1n) is 8.54. The van der Waals surface area contributed by atoms with Gasteiger partial charge in [-0.25, -0.2) is 0 Å². The van der Waals surface area contributed by atoms with Crippen LogP contribution in [0.3, 0.4) is 0 Å². The van der Waals surface area contributed by atoms with Gasteiger partial charge >= 0.3 is 5.97 Å². The lowest BCUT2D eigenvalue weighted by Gasteiger charge is -2.43. The van der Waals surface area contributed by atoms with Gasteiger partial charge in [0.15, 0.2) is 8.32 Å². The predicted octanol–water partition coefficient (Wildman–Crippen LogP) is 4.22. The Balaban J connectivity index is 5.27. The van der Waals surface area contributed by atoms with E-state index in [1.807, 2.05) is 6.26 Å². The molecular weight excluding hydrogens is 328 g/mol. The maximum atomic E-state index is 12.2. The van der Waals surface area contributed by atoms with Crippen LogP contribution in [-0.4, -0.2) is 49.7 Å². The molecule has 0 fully saturated rings. The molecule has 0 aromatic rings. The summed E-state index contributed by atoms with van der Waals surface area (Å²) in [7, 11) is -2.06. The van der Waals surface area contributed by atoms with Crippen LogP contribution in [0, 0.1) is 0 Å². The van der Waals surface area contributed by atoms with Crippen LogP contribution >= 0.6 is 11.8 Å². The molecule has 6 heteroatoms. The smallest absolute Gasteiger partial charge is 0.324 e. The zero-order valence-electron chi connectivity index (χ0n) is 16.3. The largest absolute Gasteiger partial charge is 0.465 e. The molecule has 0 unspecified atom stereocenters. The number of aliphatic hydroxyl groups is 1. The van der Waals surface area contributed by atoms with E-state index in [2.05, 4.69) is 41.5 Å². The fourth-order valence-electron chi connectivity index (χ4n) is 3.51. The van der Waals surface area contributed by atoms with Crippen LogP contribution in [0.1, 0.15) is 55.4 Å². The van der Waals surface area contributed by atoms with Crippen molar-refractivity contribution in [3.63, 3.8) is 0 Å². The summed E-state index contributed by atoms with van der Waals surface area (Å²) in [5.41, 5.74) is 1.33. The van der Waals surface area contributed by atoms with Gasteiger partial charge in [-0.3, -0.25) is 4.79 Å². The van der Waals surface area contributed by atoms with Crippen molar-refractivity contribution in [3.8, 4) is 0 Å². The maximum Gasteiger partial charge on any atom is 0.324 e. The van der Waals surface area contributed by atoms with Gasteiger partial charge in [0.25, 0.3) is 0 Å². The molecule has 4 nitrogen and oxygen atoms in total. The van der Waals surface area contributed by atoms with Gasteiger partial charge < -0.3 is 14.3 Å². The molecule has 0 aliphatic heterocycles. The van der Waals surface area contributed by atoms with Gasteiger partial charge in [-0.1, -0.05) is 41.5 Å². The minimum Gasteiger partial charge on any atom is -0.465 e. The van der Waals surface area contributed by atoms with Gasteiger partial charge in [0, 0.05) is 0 Å². The fourth-order valence-corrected chi connectivity index (χ4v) is 9.52. The zero-order valence-corrected chi connectivity index (χ0v) is 18.1. The molecule has 1 N–H and O–H groups in total. The second-order valence-electron chi connectivity index (χ2n) is 7.18. The summed E-state index contributed by atoms with van der Waals surface area (Å²) in [5, 5.41) is 10.6. The molecule has 0 rings (SSSR count). The van der Waals surface area contributed by atoms with E-state index in [0.29, 0.717) is 23.2 Å². The molecule has 0 aliphatic rings. The number of carbonyl (C=O) groups excluding carboxylic acids is 1. The minimum absolute atomic E-state index is 0.177. The van der Waals surface area contributed by atoms with E-state index >= 15 is 0 Å². The number of hydrogen-bond acceptors (Lipinski definition) is 5. The van der Waals surface area contributed by atoms with E-state index in [4.69, 9.17) is 9.16 Å². The Hall–Kier alpha value is -0.0431. The lowest BCUT2D eigenvalue weighted by molar-refractivity contribution is -0.149. The summed E-state index contributed by atoms with van der Waals surface area (Å²) >= 11 is 1.32. The summed E-state index contributed by atoms with van der Waals surface area (Å²) in [5.74, 6) is -0.380. The van der Waals surface area contributed by atoms with Gasteiger partial charge in [0.2, 0.25) is 0 Å². The first-order chi connectivity index (χ1) is 10.5. The van der Waals surface area contributed by atoms with Crippen LogP contribution in [0.25, 0.3) is 0 Å². The number of hydrogen-bond donors (Lipinski definition) is 1. The Morgan fingerprint density at radius 2 is 1.57 bits per heavy atom. The topological polar surface area (TPSA) is 55.8 Å². The number of ether oxygens (including phenoxy) is 1. The first kappa shape index (κ1) is 23.0. The highest BCUT2D eigenvalue weighted by atomic mass is 32.2. The van der Waals surface area contributed by atoms with E-state index in [1.165, 1.54) is 11.8 Å². The molecule has 0 heterocycles. The van der Waals surface area contributed by atoms with E-state index < -0.39 is 19.2 Å². The second-order valence-corrected chi connectivity index (χ2v) is 13.9. The molecule has 0 aromatic carbocycles. The van der Waals surface area contributed by atoms with Gasteiger partial charge in [-0.15, -0.1) is 11.8 Å². The monoisotopic (exact) mass is 364 g/mol. The summed E-state index contributed by atoms with van der Waals surface area (Å²) in [6.07, 6.45) is 0.928. The average molecular weight is 365 g/mol. The molecule has 2 atom stereocenters. The molecule has 0 aliphatic carbocycles. The molecule has 0 saturated carbocycles. The van der Waals surface area contributed by atoms with E-state index in [0.717, 1.165) is 0 Å². The Labute approximate surface area is 147 Å². The third-order valence-electron chi connectivity index (χ3n) is 4.94. The molecule has 0 amide bonds. The highest BCUT2D eigenvalue weighted by molar-refractivity contribution is 8.00. The molecule has 0 aromatic heterocycles. The number of esters is 1. The Morgan fingerprint density at radius 1 is 1.13 bits per heavy atom. The third kappa shape index (κ3) is 4.97. The quantitative estimate of drug-likeness (QED) is 0.464. The van der Waals surface area contributed by atoms with Crippen molar-refractivity contribution < 1.29 is 19.1 Å². The van der Waals surface area contributed by atoms with Crippen molar-refractivity contribution in [2.24, 2.45) is 0 Å². The van der Waals surface area contributed by atoms with Crippen LogP contribution in [0.4, 0.5) is 0 Å². The molecule has 23 heavy (non-hydrogen) atoms. The van der Waals surface area contributed by atoms with Crippen LogP contribution in [0.2, 0.25) is 16.6 Å². The number of aliphatic hydroxyl groups excluding tert-OH is 1. The normalized spacial score (nSPS) is 16.7. The molecule has 0 spiro atoms. The summed E-state index contributed by atoms with van der Waals surface area (Å²) in [6, 6.07) is 0. The molecule has 138 valence electrons. The second kappa shape index (κ2) is 9.44. The summed E-state index contributed by atoms with van der Waals surface area (Å²) in [4.78, 5) is 12.2. The Bertz CT molecular complexity index is 352. The van der Waals surface area contributed by atoms with E-state index in [9.17, 15) is 9.90 Å². The number of thioether (sulfide) groups is 1. The Morgan fingerprint density at radius 3 is 1.87 bits per heavy atom. The number of rotatable bonds is 10. The summed E-state index contributed by atoms with van der Waals surface area (Å²) < 4.78 is 10.6. The van der Waals surface area contributed by atoms with Gasteiger partial charge in [-0.2, -0.15) is 0 Å². The van der Waals surface area contributed by atoms with Crippen molar-refractivity contribution in [3.05, 3.63) is 0 Å². The molecular formula is C17H36O4SSi. The molecule has 0 saturated heterocycles. The van der Waals surface area contributed by atoms with Crippen molar-refractivity contribution in [2.75, 3.05) is 19.5 Å². The highest BCUT2D eigenvalue weighted by Gasteiger charge is 2.48. The van der Waals surface area contributed by atoms with Gasteiger partial charge in [0.1, 0.15) is 10.9 Å². The predicted molar refractivity (Wildman–Crippen MR) is 102 cm³/mol. The van der Waals surface area contributed by atoms with E-state index in [1.54, 1.807) is 13.8 Å². The third-order valence-corrected chi connectivity index (χ3v) is 12.3. The van der Waals surface area contributed by atoms with Crippen LogP contribution in [0.5, 0.6) is 0 Å². The lowest BCUT2D eigenvalue weighted by Crippen LogP contribution is -2.53. The lowest BCUT2D eigenvalue weighted by atomic mass is 10.1. The van der Waals surface area contributed by atoms with Crippen molar-refractivity contribution in [2.45, 2.75) is 82.9 Å². The number of carbonyl (C=O) groups is 1. The van der Waals surface area contributed by atoms with Crippen LogP contribution in [0.15, 0.2) is 0 Å². The van der Waals surface area contributed by atoms with Crippen molar-refractivity contribution in [1.82, 2.24) is 0 Å². The maximum absolute atomic E-state index is 12.2. The van der Waals surface area contributed by atoms with Crippen LogP contribution in [-0.2, 0) is 14.0 Å². The van der Waals surface area contributed by atoms with Crippen molar-refractivity contribution in [1.29, 1.82) is 0 Å². The van der Waals surface area contributed by atoms with Crippen LogP contribution < -0.4 is 0 Å².